The zero-order valence-corrected chi connectivity index (χ0v) is 13.2. The molecular weight excluding hydrogens is 301 g/mol. The van der Waals surface area contributed by atoms with Crippen molar-refractivity contribution in [3.8, 4) is 0 Å². The quantitative estimate of drug-likeness (QED) is 0.772. The zero-order valence-electron chi connectivity index (χ0n) is 12.4. The summed E-state index contributed by atoms with van der Waals surface area (Å²) in [4.78, 5) is 10.8. The van der Waals surface area contributed by atoms with E-state index in [4.69, 9.17) is 5.11 Å². The molecule has 0 bridgehead atoms. The van der Waals surface area contributed by atoms with Crippen molar-refractivity contribution in [2.24, 2.45) is 0 Å². The van der Waals surface area contributed by atoms with Gasteiger partial charge in [0, 0.05) is 17.0 Å². The maximum Gasteiger partial charge on any atom is 0.138 e. The molecule has 0 aliphatic carbocycles. The lowest BCUT2D eigenvalue weighted by molar-refractivity contribution is 0.275. The number of rotatable bonds is 4. The lowest BCUT2D eigenvalue weighted by Crippen LogP contribution is -2.03. The Morgan fingerprint density at radius 2 is 2.09 bits per heavy atom. The first-order valence-electron chi connectivity index (χ1n) is 6.93. The molecule has 0 atom stereocenters. The molecule has 114 valence electrons. The molecule has 0 amide bonds. The maximum atomic E-state index is 13.7. The number of hydrogen-bond donors (Lipinski definition) is 2. The van der Waals surface area contributed by atoms with Crippen LogP contribution < -0.4 is 5.32 Å². The lowest BCUT2D eigenvalue weighted by atomic mass is 10.1. The summed E-state index contributed by atoms with van der Waals surface area (Å²) >= 11 is 1.64. The molecule has 6 heteroatoms. The number of anilines is 1. The Labute approximate surface area is 131 Å². The summed E-state index contributed by atoms with van der Waals surface area (Å²) in [7, 11) is 0. The number of thiophene rings is 1. The Morgan fingerprint density at radius 1 is 1.27 bits per heavy atom. The van der Waals surface area contributed by atoms with Gasteiger partial charge in [0.15, 0.2) is 0 Å². The van der Waals surface area contributed by atoms with Gasteiger partial charge in [0.25, 0.3) is 0 Å². The molecule has 0 radical (unpaired) electrons. The molecule has 2 heterocycles. The number of hydrogen-bond acceptors (Lipinski definition) is 5. The molecule has 0 fully saturated rings. The van der Waals surface area contributed by atoms with Crippen LogP contribution in [0.5, 0.6) is 0 Å². The SMILES string of the molecule is Cc1sc2ncnc(NCc3ccc(CO)c(F)c3)c2c1C. The zero-order chi connectivity index (χ0) is 15.7. The Balaban J connectivity index is 1.86. The van der Waals surface area contributed by atoms with Crippen LogP contribution in [0.1, 0.15) is 21.6 Å². The summed E-state index contributed by atoms with van der Waals surface area (Å²) in [5.74, 6) is 0.371. The van der Waals surface area contributed by atoms with Crippen molar-refractivity contribution in [2.45, 2.75) is 27.0 Å². The van der Waals surface area contributed by atoms with Crippen LogP contribution in [0, 0.1) is 19.7 Å². The summed E-state index contributed by atoms with van der Waals surface area (Å²) < 4.78 is 13.7. The van der Waals surface area contributed by atoms with Crippen molar-refractivity contribution < 1.29 is 9.50 Å². The van der Waals surface area contributed by atoms with E-state index in [9.17, 15) is 4.39 Å². The Kier molecular flexibility index (Phi) is 4.04. The highest BCUT2D eigenvalue weighted by Gasteiger charge is 2.11. The maximum absolute atomic E-state index is 13.7. The normalized spacial score (nSPS) is 11.1. The number of aryl methyl sites for hydroxylation is 2. The van der Waals surface area contributed by atoms with Crippen molar-refractivity contribution in [2.75, 3.05) is 5.32 Å². The summed E-state index contributed by atoms with van der Waals surface area (Å²) in [6.07, 6.45) is 1.54. The third kappa shape index (κ3) is 2.67. The van der Waals surface area contributed by atoms with Crippen LogP contribution in [0.3, 0.4) is 0 Å². The second-order valence-corrected chi connectivity index (χ2v) is 6.33. The predicted octanol–water partition coefficient (Wildman–Crippen LogP) is 3.55. The minimum Gasteiger partial charge on any atom is -0.392 e. The molecule has 3 aromatic rings. The van der Waals surface area contributed by atoms with E-state index in [0.29, 0.717) is 12.1 Å². The molecule has 0 unspecified atom stereocenters. The van der Waals surface area contributed by atoms with Crippen LogP contribution in [0.25, 0.3) is 10.2 Å². The molecule has 22 heavy (non-hydrogen) atoms. The van der Waals surface area contributed by atoms with Crippen molar-refractivity contribution >= 4 is 27.4 Å². The summed E-state index contributed by atoms with van der Waals surface area (Å²) in [6.45, 7) is 4.29. The molecule has 2 aromatic heterocycles. The number of nitrogens with one attached hydrogen (secondary N) is 1. The fourth-order valence-electron chi connectivity index (χ4n) is 2.33. The van der Waals surface area contributed by atoms with E-state index >= 15 is 0 Å². The molecule has 4 nitrogen and oxygen atoms in total. The van der Waals surface area contributed by atoms with Crippen LogP contribution >= 0.6 is 11.3 Å². The van der Waals surface area contributed by atoms with E-state index in [2.05, 4.69) is 29.1 Å². The van der Waals surface area contributed by atoms with Gasteiger partial charge >= 0.3 is 0 Å². The minimum absolute atomic E-state index is 0.292. The number of aromatic nitrogens is 2. The molecule has 1 aromatic carbocycles. The molecule has 0 saturated heterocycles. The molecule has 3 rings (SSSR count). The highest BCUT2D eigenvalue weighted by atomic mass is 32.1. The second-order valence-electron chi connectivity index (χ2n) is 5.12. The first kappa shape index (κ1) is 14.9. The highest BCUT2D eigenvalue weighted by molar-refractivity contribution is 7.18. The van der Waals surface area contributed by atoms with Gasteiger partial charge in [-0.3, -0.25) is 0 Å². The number of nitrogens with zero attached hydrogens (tertiary/aromatic N) is 2. The predicted molar refractivity (Wildman–Crippen MR) is 86.5 cm³/mol. The van der Waals surface area contributed by atoms with Gasteiger partial charge in [0.05, 0.1) is 12.0 Å². The van der Waals surface area contributed by atoms with Gasteiger partial charge in [-0.2, -0.15) is 0 Å². The monoisotopic (exact) mass is 317 g/mol. The summed E-state index contributed by atoms with van der Waals surface area (Å²) in [5.41, 5.74) is 2.27. The average Bonchev–Trinajstić information content (AvgIpc) is 2.81. The minimum atomic E-state index is -0.391. The third-order valence-corrected chi connectivity index (χ3v) is 4.83. The van der Waals surface area contributed by atoms with E-state index in [1.165, 1.54) is 22.8 Å². The Hall–Kier alpha value is -2.05. The number of fused-ring (bicyclic) bond motifs is 1. The van der Waals surface area contributed by atoms with Crippen molar-refractivity contribution in [3.05, 3.63) is 51.9 Å². The van der Waals surface area contributed by atoms with Crippen molar-refractivity contribution in [1.29, 1.82) is 0 Å². The number of aliphatic hydroxyl groups is 1. The standard InChI is InChI=1S/C16H16FN3OS/c1-9-10(2)22-16-14(9)15(19-8-20-16)18-6-11-3-4-12(7-21)13(17)5-11/h3-5,8,21H,6-7H2,1-2H3,(H,18,19,20). The first-order valence-corrected chi connectivity index (χ1v) is 7.74. The average molecular weight is 317 g/mol. The number of benzene rings is 1. The van der Waals surface area contributed by atoms with E-state index < -0.39 is 5.82 Å². The topological polar surface area (TPSA) is 58.0 Å². The van der Waals surface area contributed by atoms with Crippen LogP contribution in [0.15, 0.2) is 24.5 Å². The van der Waals surface area contributed by atoms with Gasteiger partial charge < -0.3 is 10.4 Å². The van der Waals surface area contributed by atoms with Gasteiger partial charge in [0.1, 0.15) is 22.8 Å². The van der Waals surface area contributed by atoms with Crippen LogP contribution in [0.2, 0.25) is 0 Å². The van der Waals surface area contributed by atoms with Crippen LogP contribution in [-0.2, 0) is 13.2 Å². The smallest absolute Gasteiger partial charge is 0.138 e. The molecular formula is C16H16FN3OS. The molecule has 0 spiro atoms. The van der Waals surface area contributed by atoms with Crippen molar-refractivity contribution in [3.63, 3.8) is 0 Å². The second kappa shape index (κ2) is 5.98. The van der Waals surface area contributed by atoms with Crippen molar-refractivity contribution in [1.82, 2.24) is 9.97 Å². The summed E-state index contributed by atoms with van der Waals surface area (Å²) in [5, 5.41) is 13.3. The van der Waals surface area contributed by atoms with E-state index in [1.807, 2.05) is 0 Å². The molecule has 2 N–H and O–H groups in total. The lowest BCUT2D eigenvalue weighted by Gasteiger charge is -2.08. The van der Waals surface area contributed by atoms with E-state index in [0.717, 1.165) is 21.6 Å². The molecule has 0 saturated carbocycles. The van der Waals surface area contributed by atoms with E-state index in [-0.39, 0.29) is 6.61 Å². The van der Waals surface area contributed by atoms with Gasteiger partial charge in [0.2, 0.25) is 0 Å². The van der Waals surface area contributed by atoms with Gasteiger partial charge in [-0.15, -0.1) is 11.3 Å². The number of aliphatic hydroxyl groups excluding tert-OH is 1. The third-order valence-electron chi connectivity index (χ3n) is 3.71. The fraction of sp³-hybridized carbons (Fsp3) is 0.250. The van der Waals surface area contributed by atoms with Gasteiger partial charge in [-0.25, -0.2) is 14.4 Å². The number of halogens is 1. The molecule has 0 aliphatic heterocycles. The fourth-order valence-corrected chi connectivity index (χ4v) is 3.33. The highest BCUT2D eigenvalue weighted by Crippen LogP contribution is 2.32. The van der Waals surface area contributed by atoms with Gasteiger partial charge in [-0.05, 0) is 31.0 Å². The first-order chi connectivity index (χ1) is 10.6. The largest absolute Gasteiger partial charge is 0.392 e. The Bertz CT molecular complexity index is 832. The van der Waals surface area contributed by atoms with E-state index in [1.54, 1.807) is 23.5 Å². The van der Waals surface area contributed by atoms with Crippen LogP contribution in [-0.4, -0.2) is 15.1 Å². The summed E-state index contributed by atoms with van der Waals surface area (Å²) in [6, 6.07) is 4.83. The van der Waals surface area contributed by atoms with Crippen LogP contribution in [0.4, 0.5) is 10.2 Å². The molecule has 0 aliphatic rings. The van der Waals surface area contributed by atoms with Gasteiger partial charge in [-0.1, -0.05) is 12.1 Å². The Morgan fingerprint density at radius 3 is 2.82 bits per heavy atom.